The fourth-order valence-electron chi connectivity index (χ4n) is 2.25. The van der Waals surface area contributed by atoms with Gasteiger partial charge in [0, 0.05) is 18.9 Å². The van der Waals surface area contributed by atoms with Gasteiger partial charge in [0.25, 0.3) is 5.91 Å². The first-order chi connectivity index (χ1) is 11.5. The normalized spacial score (nSPS) is 15.0. The highest BCUT2D eigenvalue weighted by atomic mass is 16.5. The van der Waals surface area contributed by atoms with Gasteiger partial charge in [0.05, 0.1) is 0 Å². The molecule has 0 aromatic heterocycles. The molecule has 0 bridgehead atoms. The SMILES string of the molecule is C[C@@H](CCc1ccccc1)NC(=O)COC(=O)C1=NNC(=O)CC1. The zero-order valence-corrected chi connectivity index (χ0v) is 13.6. The van der Waals surface area contributed by atoms with E-state index in [4.69, 9.17) is 4.74 Å². The van der Waals surface area contributed by atoms with Crippen molar-refractivity contribution < 1.29 is 19.1 Å². The predicted molar refractivity (Wildman–Crippen MR) is 88.1 cm³/mol. The van der Waals surface area contributed by atoms with Crippen molar-refractivity contribution in [2.45, 2.75) is 38.6 Å². The molecule has 0 fully saturated rings. The summed E-state index contributed by atoms with van der Waals surface area (Å²) in [6.45, 7) is 1.55. The van der Waals surface area contributed by atoms with Crippen LogP contribution in [0.5, 0.6) is 0 Å². The van der Waals surface area contributed by atoms with E-state index in [2.05, 4.69) is 15.8 Å². The van der Waals surface area contributed by atoms with Crippen LogP contribution in [0.25, 0.3) is 0 Å². The molecule has 1 aliphatic heterocycles. The second-order valence-electron chi connectivity index (χ2n) is 5.66. The Morgan fingerprint density at radius 1 is 1.29 bits per heavy atom. The Bertz CT molecular complexity index is 628. The lowest BCUT2D eigenvalue weighted by Crippen LogP contribution is -2.37. The van der Waals surface area contributed by atoms with Crippen molar-refractivity contribution in [3.8, 4) is 0 Å². The van der Waals surface area contributed by atoms with Gasteiger partial charge in [-0.15, -0.1) is 0 Å². The van der Waals surface area contributed by atoms with Gasteiger partial charge in [-0.2, -0.15) is 5.10 Å². The van der Waals surface area contributed by atoms with Gasteiger partial charge in [0.2, 0.25) is 5.91 Å². The Hall–Kier alpha value is -2.70. The summed E-state index contributed by atoms with van der Waals surface area (Å²) in [5.74, 6) is -1.28. The Balaban J connectivity index is 1.67. The van der Waals surface area contributed by atoms with Crippen LogP contribution in [0.4, 0.5) is 0 Å². The number of aryl methyl sites for hydroxylation is 1. The lowest BCUT2D eigenvalue weighted by atomic mass is 10.1. The number of esters is 1. The van der Waals surface area contributed by atoms with Crippen molar-refractivity contribution in [2.24, 2.45) is 5.10 Å². The molecule has 1 atom stereocenters. The van der Waals surface area contributed by atoms with Crippen LogP contribution in [0.15, 0.2) is 35.4 Å². The zero-order valence-electron chi connectivity index (χ0n) is 13.6. The molecule has 0 saturated carbocycles. The van der Waals surface area contributed by atoms with Gasteiger partial charge in [0.1, 0.15) is 5.71 Å². The lowest BCUT2D eigenvalue weighted by molar-refractivity contribution is -0.142. The Labute approximate surface area is 140 Å². The van der Waals surface area contributed by atoms with Crippen molar-refractivity contribution >= 4 is 23.5 Å². The van der Waals surface area contributed by atoms with E-state index in [-0.39, 0.29) is 43.0 Å². The summed E-state index contributed by atoms with van der Waals surface area (Å²) in [5, 5.41) is 6.41. The van der Waals surface area contributed by atoms with Crippen molar-refractivity contribution in [1.29, 1.82) is 0 Å². The number of carbonyl (C=O) groups excluding carboxylic acids is 3. The van der Waals surface area contributed by atoms with E-state index < -0.39 is 5.97 Å². The largest absolute Gasteiger partial charge is 0.451 e. The molecule has 1 heterocycles. The van der Waals surface area contributed by atoms with Gasteiger partial charge in [-0.25, -0.2) is 10.2 Å². The van der Waals surface area contributed by atoms with Gasteiger partial charge in [-0.1, -0.05) is 30.3 Å². The molecule has 128 valence electrons. The van der Waals surface area contributed by atoms with Gasteiger partial charge in [-0.3, -0.25) is 9.59 Å². The van der Waals surface area contributed by atoms with E-state index in [0.29, 0.717) is 0 Å². The monoisotopic (exact) mass is 331 g/mol. The molecule has 2 N–H and O–H groups in total. The quantitative estimate of drug-likeness (QED) is 0.727. The van der Waals surface area contributed by atoms with Crippen LogP contribution in [-0.4, -0.2) is 36.1 Å². The average molecular weight is 331 g/mol. The molecule has 2 amide bonds. The molecule has 0 radical (unpaired) electrons. The van der Waals surface area contributed by atoms with E-state index in [9.17, 15) is 14.4 Å². The highest BCUT2D eigenvalue weighted by Gasteiger charge is 2.20. The van der Waals surface area contributed by atoms with Crippen molar-refractivity contribution in [3.05, 3.63) is 35.9 Å². The topological polar surface area (TPSA) is 96.9 Å². The average Bonchev–Trinajstić information content (AvgIpc) is 2.59. The number of amides is 2. The predicted octanol–water partition coefficient (Wildman–Crippen LogP) is 0.933. The van der Waals surface area contributed by atoms with Crippen molar-refractivity contribution in [3.63, 3.8) is 0 Å². The number of benzene rings is 1. The molecule has 1 aromatic carbocycles. The molecular weight excluding hydrogens is 310 g/mol. The fourth-order valence-corrected chi connectivity index (χ4v) is 2.25. The summed E-state index contributed by atoms with van der Waals surface area (Å²) >= 11 is 0. The summed E-state index contributed by atoms with van der Waals surface area (Å²) in [6.07, 6.45) is 2.07. The summed E-state index contributed by atoms with van der Waals surface area (Å²) in [7, 11) is 0. The molecule has 24 heavy (non-hydrogen) atoms. The maximum Gasteiger partial charge on any atom is 0.355 e. The molecule has 0 spiro atoms. The van der Waals surface area contributed by atoms with Crippen LogP contribution in [0.1, 0.15) is 31.7 Å². The molecule has 0 unspecified atom stereocenters. The highest BCUT2D eigenvalue weighted by Crippen LogP contribution is 2.05. The molecule has 2 rings (SSSR count). The summed E-state index contributed by atoms with van der Waals surface area (Å²) in [6, 6.07) is 9.98. The molecule has 1 aromatic rings. The Morgan fingerprint density at radius 3 is 2.71 bits per heavy atom. The molecular formula is C17H21N3O4. The molecule has 1 aliphatic rings. The Kier molecular flexibility index (Phi) is 6.48. The number of nitrogens with zero attached hydrogens (tertiary/aromatic N) is 1. The first kappa shape index (κ1) is 17.7. The number of hydrogen-bond donors (Lipinski definition) is 2. The van der Waals surface area contributed by atoms with Crippen LogP contribution in [0, 0.1) is 0 Å². The summed E-state index contributed by atoms with van der Waals surface area (Å²) < 4.78 is 4.91. The van der Waals surface area contributed by atoms with E-state index in [1.165, 1.54) is 5.56 Å². The minimum atomic E-state index is -0.679. The maximum atomic E-state index is 11.8. The van der Waals surface area contributed by atoms with Crippen molar-refractivity contribution in [1.82, 2.24) is 10.7 Å². The third-order valence-corrected chi connectivity index (χ3v) is 3.59. The van der Waals surface area contributed by atoms with Crippen LogP contribution in [0.3, 0.4) is 0 Å². The van der Waals surface area contributed by atoms with Gasteiger partial charge in [-0.05, 0) is 25.3 Å². The molecule has 0 aliphatic carbocycles. The molecule has 0 saturated heterocycles. The fraction of sp³-hybridized carbons (Fsp3) is 0.412. The van der Waals surface area contributed by atoms with E-state index in [0.717, 1.165) is 12.8 Å². The van der Waals surface area contributed by atoms with Gasteiger partial charge < -0.3 is 10.1 Å². The number of ether oxygens (including phenoxy) is 1. The minimum absolute atomic E-state index is 0.0253. The van der Waals surface area contributed by atoms with Gasteiger partial charge >= 0.3 is 5.97 Å². The number of hydrazone groups is 1. The maximum absolute atomic E-state index is 11.8. The smallest absolute Gasteiger partial charge is 0.355 e. The minimum Gasteiger partial charge on any atom is -0.451 e. The van der Waals surface area contributed by atoms with E-state index >= 15 is 0 Å². The van der Waals surface area contributed by atoms with Crippen LogP contribution >= 0.6 is 0 Å². The second-order valence-corrected chi connectivity index (χ2v) is 5.66. The molecule has 7 nitrogen and oxygen atoms in total. The summed E-state index contributed by atoms with van der Waals surface area (Å²) in [4.78, 5) is 34.5. The number of hydrogen-bond acceptors (Lipinski definition) is 5. The summed E-state index contributed by atoms with van der Waals surface area (Å²) in [5.41, 5.74) is 3.55. The van der Waals surface area contributed by atoms with E-state index in [1.54, 1.807) is 0 Å². The first-order valence-corrected chi connectivity index (χ1v) is 7.90. The van der Waals surface area contributed by atoms with Crippen LogP contribution in [0.2, 0.25) is 0 Å². The second kappa shape index (κ2) is 8.81. The lowest BCUT2D eigenvalue weighted by Gasteiger charge is -2.15. The highest BCUT2D eigenvalue weighted by molar-refractivity contribution is 6.37. The number of nitrogens with one attached hydrogen (secondary N) is 2. The number of rotatable bonds is 7. The Morgan fingerprint density at radius 2 is 2.04 bits per heavy atom. The van der Waals surface area contributed by atoms with Crippen LogP contribution in [-0.2, 0) is 25.5 Å². The molecule has 7 heteroatoms. The number of carbonyl (C=O) groups is 3. The van der Waals surface area contributed by atoms with Crippen molar-refractivity contribution in [2.75, 3.05) is 6.61 Å². The third-order valence-electron chi connectivity index (χ3n) is 3.59. The van der Waals surface area contributed by atoms with E-state index in [1.807, 2.05) is 37.3 Å². The zero-order chi connectivity index (χ0) is 17.4. The standard InChI is InChI=1S/C17H21N3O4/c1-12(7-8-13-5-3-2-4-6-13)18-16(22)11-24-17(23)14-9-10-15(21)20-19-14/h2-6,12H,7-11H2,1H3,(H,18,22)(H,20,21)/t12-/m0/s1. The van der Waals surface area contributed by atoms with Gasteiger partial charge in [0.15, 0.2) is 6.61 Å². The third kappa shape index (κ3) is 5.83. The first-order valence-electron chi connectivity index (χ1n) is 7.90. The van der Waals surface area contributed by atoms with Crippen LogP contribution < -0.4 is 10.7 Å².